The summed E-state index contributed by atoms with van der Waals surface area (Å²) in [4.78, 5) is 0. The second-order valence-electron chi connectivity index (χ2n) is 4.70. The second-order valence-corrected chi connectivity index (χ2v) is 5.67. The molecule has 0 amide bonds. The lowest BCUT2D eigenvalue weighted by atomic mass is 9.90. The first-order chi connectivity index (χ1) is 8.15. The Bertz CT molecular complexity index is 391. The third-order valence-corrected chi connectivity index (χ3v) is 4.86. The predicted molar refractivity (Wildman–Crippen MR) is 71.6 cm³/mol. The van der Waals surface area contributed by atoms with Crippen LogP contribution in [0.1, 0.15) is 25.7 Å². The first-order valence-corrected chi connectivity index (χ1v) is 7.29. The van der Waals surface area contributed by atoms with E-state index in [2.05, 4.69) is 15.9 Å². The molecule has 0 radical (unpaired) electrons. The average molecular weight is 322 g/mol. The highest BCUT2D eigenvalue weighted by Crippen LogP contribution is 2.40. The first-order valence-electron chi connectivity index (χ1n) is 5.79. The number of benzene rings is 1. The second kappa shape index (κ2) is 5.57. The van der Waals surface area contributed by atoms with E-state index in [1.54, 1.807) is 6.07 Å². The molecule has 1 aliphatic carbocycles. The highest BCUT2D eigenvalue weighted by Gasteiger charge is 2.33. The summed E-state index contributed by atoms with van der Waals surface area (Å²) in [5, 5.41) is 1.28. The van der Waals surface area contributed by atoms with Crippen molar-refractivity contribution in [3.63, 3.8) is 0 Å². The third-order valence-electron chi connectivity index (χ3n) is 3.38. The van der Waals surface area contributed by atoms with Crippen molar-refractivity contribution >= 4 is 27.5 Å². The molecule has 0 saturated heterocycles. The van der Waals surface area contributed by atoms with Crippen LogP contribution in [0.3, 0.4) is 0 Å². The van der Waals surface area contributed by atoms with Crippen LogP contribution >= 0.6 is 27.5 Å². The summed E-state index contributed by atoms with van der Waals surface area (Å²) < 4.78 is 18.6. The maximum absolute atomic E-state index is 12.9. The van der Waals surface area contributed by atoms with Gasteiger partial charge in [-0.1, -0.05) is 40.4 Å². The van der Waals surface area contributed by atoms with E-state index in [0.717, 1.165) is 5.33 Å². The van der Waals surface area contributed by atoms with E-state index in [4.69, 9.17) is 16.3 Å². The molecule has 1 aromatic carbocycles. The van der Waals surface area contributed by atoms with Crippen LogP contribution in [0.4, 0.5) is 4.39 Å². The van der Waals surface area contributed by atoms with Gasteiger partial charge in [0.05, 0.1) is 11.6 Å². The number of alkyl halides is 1. The lowest BCUT2D eigenvalue weighted by Crippen LogP contribution is -2.27. The van der Waals surface area contributed by atoms with Crippen molar-refractivity contribution < 1.29 is 9.13 Å². The van der Waals surface area contributed by atoms with Crippen LogP contribution in [0.5, 0.6) is 5.75 Å². The Hall–Kier alpha value is -0.280. The molecule has 94 valence electrons. The Labute approximate surface area is 114 Å². The van der Waals surface area contributed by atoms with Gasteiger partial charge < -0.3 is 4.74 Å². The fourth-order valence-corrected chi connectivity index (χ4v) is 3.21. The van der Waals surface area contributed by atoms with Gasteiger partial charge in [0.2, 0.25) is 0 Å². The molecule has 4 heteroatoms. The molecule has 0 heterocycles. The number of hydrogen-bond acceptors (Lipinski definition) is 1. The summed E-state index contributed by atoms with van der Waals surface area (Å²) in [5.74, 6) is 0.235. The largest absolute Gasteiger partial charge is 0.491 e. The molecule has 17 heavy (non-hydrogen) atoms. The molecule has 1 saturated carbocycles. The molecule has 1 fully saturated rings. The molecule has 0 aliphatic heterocycles. The summed E-state index contributed by atoms with van der Waals surface area (Å²) in [6.45, 7) is 0.642. The fourth-order valence-electron chi connectivity index (χ4n) is 2.26. The van der Waals surface area contributed by atoms with Gasteiger partial charge in [0.15, 0.2) is 0 Å². The van der Waals surface area contributed by atoms with Crippen molar-refractivity contribution in [2.75, 3.05) is 11.9 Å². The molecule has 0 bridgehead atoms. The smallest absolute Gasteiger partial charge is 0.138 e. The minimum absolute atomic E-state index is 0.220. The Morgan fingerprint density at radius 2 is 2.06 bits per heavy atom. The third kappa shape index (κ3) is 3.14. The van der Waals surface area contributed by atoms with Gasteiger partial charge >= 0.3 is 0 Å². The van der Waals surface area contributed by atoms with Gasteiger partial charge in [-0.15, -0.1) is 0 Å². The zero-order chi connectivity index (χ0) is 12.3. The summed E-state index contributed by atoms with van der Waals surface area (Å²) in [6.07, 6.45) is 4.87. The zero-order valence-corrected chi connectivity index (χ0v) is 11.9. The summed E-state index contributed by atoms with van der Waals surface area (Å²) in [7, 11) is 0. The van der Waals surface area contributed by atoms with Crippen molar-refractivity contribution in [1.82, 2.24) is 0 Å². The Kier molecular flexibility index (Phi) is 4.31. The van der Waals surface area contributed by atoms with Crippen molar-refractivity contribution in [3.8, 4) is 5.75 Å². The SMILES string of the molecule is Fc1ccc(OCC2(CBr)CCCC2)c(Cl)c1. The molecule has 0 N–H and O–H groups in total. The van der Waals surface area contributed by atoms with Gasteiger partial charge in [0.25, 0.3) is 0 Å². The predicted octanol–water partition coefficient (Wildman–Crippen LogP) is 4.81. The van der Waals surface area contributed by atoms with Crippen LogP contribution in [-0.2, 0) is 0 Å². The van der Waals surface area contributed by atoms with Crippen molar-refractivity contribution in [3.05, 3.63) is 29.0 Å². The van der Waals surface area contributed by atoms with E-state index >= 15 is 0 Å². The molecular weight excluding hydrogens is 306 g/mol. The van der Waals surface area contributed by atoms with Crippen LogP contribution in [0.15, 0.2) is 18.2 Å². The first kappa shape index (κ1) is 13.2. The van der Waals surface area contributed by atoms with E-state index in [-0.39, 0.29) is 11.2 Å². The molecule has 2 rings (SSSR count). The van der Waals surface area contributed by atoms with Gasteiger partial charge in [-0.05, 0) is 31.0 Å². The molecule has 1 nitrogen and oxygen atoms in total. The lowest BCUT2D eigenvalue weighted by Gasteiger charge is -2.26. The van der Waals surface area contributed by atoms with Crippen molar-refractivity contribution in [2.24, 2.45) is 5.41 Å². The summed E-state index contributed by atoms with van der Waals surface area (Å²) in [6, 6.07) is 4.25. The number of rotatable bonds is 4. The van der Waals surface area contributed by atoms with Gasteiger partial charge in [-0.25, -0.2) is 4.39 Å². The molecule has 0 atom stereocenters. The average Bonchev–Trinajstić information content (AvgIpc) is 2.77. The Balaban J connectivity index is 2.01. The Morgan fingerprint density at radius 1 is 1.35 bits per heavy atom. The van der Waals surface area contributed by atoms with Gasteiger partial charge in [-0.3, -0.25) is 0 Å². The standard InChI is InChI=1S/C13H15BrClFO/c14-8-13(5-1-2-6-13)9-17-12-4-3-10(16)7-11(12)15/h3-4,7H,1-2,5-6,8-9H2. The fraction of sp³-hybridized carbons (Fsp3) is 0.538. The van der Waals surface area contributed by atoms with Crippen LogP contribution in [0, 0.1) is 11.2 Å². The van der Waals surface area contributed by atoms with Crippen LogP contribution in [-0.4, -0.2) is 11.9 Å². The molecule has 1 aliphatic rings. The molecule has 0 unspecified atom stereocenters. The topological polar surface area (TPSA) is 9.23 Å². The Morgan fingerprint density at radius 3 is 2.65 bits per heavy atom. The summed E-state index contributed by atoms with van der Waals surface area (Å²) in [5.41, 5.74) is 0.220. The molecular formula is C13H15BrClFO. The number of hydrogen-bond donors (Lipinski definition) is 0. The van der Waals surface area contributed by atoms with Gasteiger partial charge in [0.1, 0.15) is 11.6 Å². The normalized spacial score (nSPS) is 18.3. The van der Waals surface area contributed by atoms with Crippen LogP contribution in [0.2, 0.25) is 5.02 Å². The van der Waals surface area contributed by atoms with E-state index in [1.807, 2.05) is 0 Å². The van der Waals surface area contributed by atoms with E-state index in [9.17, 15) is 4.39 Å². The van der Waals surface area contributed by atoms with E-state index in [1.165, 1.54) is 37.8 Å². The van der Waals surface area contributed by atoms with Crippen LogP contribution in [0.25, 0.3) is 0 Å². The van der Waals surface area contributed by atoms with Crippen molar-refractivity contribution in [2.45, 2.75) is 25.7 Å². The summed E-state index contributed by atoms with van der Waals surface area (Å²) >= 11 is 9.49. The monoisotopic (exact) mass is 320 g/mol. The highest BCUT2D eigenvalue weighted by atomic mass is 79.9. The molecule has 0 aromatic heterocycles. The van der Waals surface area contributed by atoms with E-state index < -0.39 is 0 Å². The quantitative estimate of drug-likeness (QED) is 0.723. The minimum atomic E-state index is -0.335. The molecule has 0 spiro atoms. The highest BCUT2D eigenvalue weighted by molar-refractivity contribution is 9.09. The maximum Gasteiger partial charge on any atom is 0.138 e. The maximum atomic E-state index is 12.9. The van der Waals surface area contributed by atoms with E-state index in [0.29, 0.717) is 17.4 Å². The number of halogens is 3. The molecule has 1 aromatic rings. The lowest BCUT2D eigenvalue weighted by molar-refractivity contribution is 0.174. The van der Waals surface area contributed by atoms with Gasteiger partial charge in [0, 0.05) is 10.7 Å². The zero-order valence-electron chi connectivity index (χ0n) is 9.52. The minimum Gasteiger partial charge on any atom is -0.491 e. The van der Waals surface area contributed by atoms with Gasteiger partial charge in [-0.2, -0.15) is 0 Å². The number of ether oxygens (including phenoxy) is 1. The van der Waals surface area contributed by atoms with Crippen molar-refractivity contribution in [1.29, 1.82) is 0 Å². The van der Waals surface area contributed by atoms with Crippen LogP contribution < -0.4 is 4.74 Å².